The van der Waals surface area contributed by atoms with E-state index in [1.54, 1.807) is 19.2 Å². The fourth-order valence-electron chi connectivity index (χ4n) is 2.45. The lowest BCUT2D eigenvalue weighted by molar-refractivity contribution is 0.286. The van der Waals surface area contributed by atoms with Crippen molar-refractivity contribution in [2.24, 2.45) is 0 Å². The Morgan fingerprint density at radius 3 is 2.73 bits per heavy atom. The van der Waals surface area contributed by atoms with Crippen molar-refractivity contribution in [3.8, 4) is 17.2 Å². The fraction of sp³-hybridized carbons (Fsp3) is 0.444. The molecule has 3 nitrogen and oxygen atoms in total. The molecule has 22 heavy (non-hydrogen) atoms. The van der Waals surface area contributed by atoms with Crippen molar-refractivity contribution >= 4 is 22.4 Å². The van der Waals surface area contributed by atoms with Crippen molar-refractivity contribution in [3.63, 3.8) is 0 Å². The van der Waals surface area contributed by atoms with Gasteiger partial charge < -0.3 is 14.6 Å². The van der Waals surface area contributed by atoms with Gasteiger partial charge in [0.15, 0.2) is 11.5 Å². The van der Waals surface area contributed by atoms with Gasteiger partial charge in [0.25, 0.3) is 0 Å². The number of methoxy groups -OCH3 is 1. The van der Waals surface area contributed by atoms with E-state index >= 15 is 0 Å². The minimum Gasteiger partial charge on any atom is -0.508 e. The Bertz CT molecular complexity index is 613. The molecule has 1 atom stereocenters. The summed E-state index contributed by atoms with van der Waals surface area (Å²) in [5.41, 5.74) is 0. The Kier molecular flexibility index (Phi) is 6.20. The molecule has 0 saturated heterocycles. The highest BCUT2D eigenvalue weighted by atomic mass is 35.5. The van der Waals surface area contributed by atoms with E-state index in [0.29, 0.717) is 12.4 Å². The van der Waals surface area contributed by atoms with Crippen molar-refractivity contribution in [1.29, 1.82) is 0 Å². The van der Waals surface area contributed by atoms with Gasteiger partial charge in [0, 0.05) is 10.8 Å². The average molecular weight is 323 g/mol. The molecule has 1 unspecified atom stereocenters. The van der Waals surface area contributed by atoms with Crippen LogP contribution < -0.4 is 9.47 Å². The zero-order chi connectivity index (χ0) is 15.9. The lowest BCUT2D eigenvalue weighted by atomic mass is 10.1. The molecule has 1 N–H and O–H groups in total. The van der Waals surface area contributed by atoms with Gasteiger partial charge in [0.1, 0.15) is 5.75 Å². The van der Waals surface area contributed by atoms with Crippen LogP contribution >= 0.6 is 11.6 Å². The lowest BCUT2D eigenvalue weighted by Gasteiger charge is -2.13. The van der Waals surface area contributed by atoms with Crippen molar-refractivity contribution in [2.45, 2.75) is 38.0 Å². The molecule has 0 heterocycles. The van der Waals surface area contributed by atoms with Crippen LogP contribution in [0.5, 0.6) is 17.2 Å². The molecule has 4 heteroatoms. The highest BCUT2D eigenvalue weighted by Gasteiger charge is 2.10. The zero-order valence-corrected chi connectivity index (χ0v) is 13.9. The van der Waals surface area contributed by atoms with Gasteiger partial charge in [-0.15, -0.1) is 11.6 Å². The maximum Gasteiger partial charge on any atom is 0.168 e. The van der Waals surface area contributed by atoms with Crippen LogP contribution in [0, 0.1) is 0 Å². The van der Waals surface area contributed by atoms with Gasteiger partial charge in [-0.25, -0.2) is 0 Å². The third-order valence-corrected chi connectivity index (χ3v) is 4.26. The first-order valence-electron chi connectivity index (χ1n) is 7.72. The van der Waals surface area contributed by atoms with Crippen LogP contribution in [-0.2, 0) is 0 Å². The molecule has 0 radical (unpaired) electrons. The van der Waals surface area contributed by atoms with E-state index < -0.39 is 0 Å². The summed E-state index contributed by atoms with van der Waals surface area (Å²) in [6.07, 6.45) is 4.06. The molecule has 2 aromatic carbocycles. The number of ether oxygens (including phenoxy) is 2. The van der Waals surface area contributed by atoms with Crippen molar-refractivity contribution in [3.05, 3.63) is 30.3 Å². The van der Waals surface area contributed by atoms with E-state index in [1.165, 1.54) is 0 Å². The second kappa shape index (κ2) is 8.14. The van der Waals surface area contributed by atoms with Gasteiger partial charge in [-0.05, 0) is 55.3 Å². The monoisotopic (exact) mass is 322 g/mol. The molecule has 0 aromatic heterocycles. The number of phenols is 1. The van der Waals surface area contributed by atoms with Crippen LogP contribution in [0.2, 0.25) is 0 Å². The van der Waals surface area contributed by atoms with Crippen LogP contribution in [-0.4, -0.2) is 24.2 Å². The van der Waals surface area contributed by atoms with Crippen molar-refractivity contribution in [1.82, 2.24) is 0 Å². The number of phenolic OH excluding ortho intramolecular Hbond substituents is 1. The summed E-state index contributed by atoms with van der Waals surface area (Å²) in [6, 6.07) is 9.03. The molecule has 0 aliphatic rings. The highest BCUT2D eigenvalue weighted by Crippen LogP contribution is 2.36. The normalized spacial score (nSPS) is 12.3. The second-order valence-corrected chi connectivity index (χ2v) is 5.97. The molecule has 2 rings (SSSR count). The van der Waals surface area contributed by atoms with E-state index in [2.05, 4.69) is 6.92 Å². The van der Waals surface area contributed by atoms with E-state index in [1.807, 2.05) is 18.2 Å². The second-order valence-electron chi connectivity index (χ2n) is 5.35. The van der Waals surface area contributed by atoms with Gasteiger partial charge in [0.05, 0.1) is 13.7 Å². The molecule has 0 bridgehead atoms. The Morgan fingerprint density at radius 2 is 2.00 bits per heavy atom. The first-order chi connectivity index (χ1) is 10.7. The van der Waals surface area contributed by atoms with Gasteiger partial charge in [-0.1, -0.05) is 13.0 Å². The van der Waals surface area contributed by atoms with Gasteiger partial charge >= 0.3 is 0 Å². The molecule has 0 saturated carbocycles. The average Bonchev–Trinajstić information content (AvgIpc) is 2.53. The molecule has 0 aliphatic carbocycles. The fourth-order valence-corrected chi connectivity index (χ4v) is 2.60. The Morgan fingerprint density at radius 1 is 1.18 bits per heavy atom. The summed E-state index contributed by atoms with van der Waals surface area (Å²) in [5.74, 6) is 1.69. The van der Waals surface area contributed by atoms with Gasteiger partial charge in [-0.3, -0.25) is 0 Å². The molecule has 0 fully saturated rings. The van der Waals surface area contributed by atoms with E-state index in [9.17, 15) is 5.11 Å². The quantitative estimate of drug-likeness (QED) is 0.541. The summed E-state index contributed by atoms with van der Waals surface area (Å²) in [4.78, 5) is 0. The molecule has 0 amide bonds. The predicted molar refractivity (Wildman–Crippen MR) is 91.4 cm³/mol. The minimum atomic E-state index is 0.245. The number of rotatable bonds is 8. The predicted octanol–water partition coefficient (Wildman–Crippen LogP) is 5.12. The van der Waals surface area contributed by atoms with Gasteiger partial charge in [-0.2, -0.15) is 0 Å². The van der Waals surface area contributed by atoms with Gasteiger partial charge in [0.2, 0.25) is 0 Å². The van der Waals surface area contributed by atoms with Crippen LogP contribution in [0.4, 0.5) is 0 Å². The third kappa shape index (κ3) is 4.20. The zero-order valence-electron chi connectivity index (χ0n) is 13.1. The summed E-state index contributed by atoms with van der Waals surface area (Å²) < 4.78 is 11.3. The summed E-state index contributed by atoms with van der Waals surface area (Å²) in [6.45, 7) is 2.75. The number of hydrogen-bond acceptors (Lipinski definition) is 3. The number of fused-ring (bicyclic) bond motifs is 1. The molecular formula is C18H23ClO3. The van der Waals surface area contributed by atoms with Crippen LogP contribution in [0.3, 0.4) is 0 Å². The molecule has 120 valence electrons. The Hall–Kier alpha value is -1.61. The third-order valence-electron chi connectivity index (χ3n) is 3.73. The topological polar surface area (TPSA) is 38.7 Å². The number of benzene rings is 2. The number of unbranched alkanes of at least 4 members (excludes halogenated alkanes) is 1. The smallest absolute Gasteiger partial charge is 0.168 e. The molecule has 0 spiro atoms. The lowest BCUT2D eigenvalue weighted by Crippen LogP contribution is -2.02. The number of alkyl halides is 1. The maximum absolute atomic E-state index is 9.55. The Balaban J connectivity index is 2.00. The van der Waals surface area contributed by atoms with Crippen LogP contribution in [0.25, 0.3) is 10.8 Å². The summed E-state index contributed by atoms with van der Waals surface area (Å²) in [5, 5.41) is 11.7. The summed E-state index contributed by atoms with van der Waals surface area (Å²) in [7, 11) is 1.63. The Labute approximate surface area is 136 Å². The first kappa shape index (κ1) is 16.8. The standard InChI is InChI=1S/C18H23ClO3/c1-3-14(19)6-4-5-11-22-17-10-7-13-12-15(20)8-9-16(13)18(17)21-2/h7-10,12,14,20H,3-6,11H2,1-2H3. The SMILES string of the molecule is CCC(Cl)CCCCOc1ccc2cc(O)ccc2c1OC. The van der Waals surface area contributed by atoms with E-state index in [0.717, 1.165) is 42.2 Å². The summed E-state index contributed by atoms with van der Waals surface area (Å²) >= 11 is 6.11. The van der Waals surface area contributed by atoms with E-state index in [4.69, 9.17) is 21.1 Å². The van der Waals surface area contributed by atoms with Crippen LogP contribution in [0.1, 0.15) is 32.6 Å². The van der Waals surface area contributed by atoms with Crippen molar-refractivity contribution < 1.29 is 14.6 Å². The minimum absolute atomic E-state index is 0.245. The largest absolute Gasteiger partial charge is 0.508 e. The maximum atomic E-state index is 9.55. The van der Waals surface area contributed by atoms with Crippen LogP contribution in [0.15, 0.2) is 30.3 Å². The number of hydrogen-bond donors (Lipinski definition) is 1. The van der Waals surface area contributed by atoms with Crippen molar-refractivity contribution in [2.75, 3.05) is 13.7 Å². The molecular weight excluding hydrogens is 300 g/mol. The number of halogens is 1. The first-order valence-corrected chi connectivity index (χ1v) is 8.16. The molecule has 2 aromatic rings. The number of aromatic hydroxyl groups is 1. The highest BCUT2D eigenvalue weighted by molar-refractivity contribution is 6.20. The van der Waals surface area contributed by atoms with E-state index in [-0.39, 0.29) is 11.1 Å². The molecule has 0 aliphatic heterocycles.